The molecule has 0 radical (unpaired) electrons. The predicted molar refractivity (Wildman–Crippen MR) is 83.0 cm³/mol. The van der Waals surface area contributed by atoms with E-state index in [0.29, 0.717) is 22.1 Å². The molecule has 106 valence electrons. The Bertz CT molecular complexity index is 887. The average Bonchev–Trinajstić information content (AvgIpc) is 2.93. The van der Waals surface area contributed by atoms with Gasteiger partial charge in [0.2, 0.25) is 5.56 Å². The largest absolute Gasteiger partial charge is 0.329 e. The van der Waals surface area contributed by atoms with Crippen molar-refractivity contribution >= 4 is 57.5 Å². The van der Waals surface area contributed by atoms with E-state index in [0.717, 1.165) is 11.4 Å². The standard InChI is InChI=1S/C12H6Cl2N4O2S/c13-6-4-7(14)10-11(18-21-17-10)9(6)16-12(20)5-1-2-15-8(19)3-5/h1-4H,(H,15,19)(H,16,20). The Morgan fingerprint density at radius 2 is 1.95 bits per heavy atom. The first-order valence-electron chi connectivity index (χ1n) is 5.66. The van der Waals surface area contributed by atoms with Crippen LogP contribution in [-0.2, 0) is 11.4 Å². The average molecular weight is 341 g/mol. The lowest BCUT2D eigenvalue weighted by Gasteiger charge is -2.10. The molecule has 0 saturated heterocycles. The molecule has 0 atom stereocenters. The van der Waals surface area contributed by atoms with Crippen LogP contribution in [0, 0.1) is 0 Å². The molecule has 0 spiro atoms. The van der Waals surface area contributed by atoms with Crippen LogP contribution in [0.3, 0.4) is 0 Å². The summed E-state index contributed by atoms with van der Waals surface area (Å²) in [6, 6.07) is 4.16. The van der Waals surface area contributed by atoms with Gasteiger partial charge in [0, 0.05) is 17.8 Å². The van der Waals surface area contributed by atoms with Crippen LogP contribution in [0.1, 0.15) is 10.4 Å². The minimum atomic E-state index is -0.473. The molecule has 2 heterocycles. The Morgan fingerprint density at radius 1 is 1.19 bits per heavy atom. The number of halogens is 2. The van der Waals surface area contributed by atoms with Crippen LogP contribution in [-0.4, -0.2) is 10.9 Å². The molecular weight excluding hydrogens is 335 g/mol. The van der Waals surface area contributed by atoms with Gasteiger partial charge in [0.05, 0.1) is 27.1 Å². The smallest absolute Gasteiger partial charge is 0.256 e. The molecule has 1 aliphatic heterocycles. The number of rotatable bonds is 2. The van der Waals surface area contributed by atoms with Gasteiger partial charge in [-0.3, -0.25) is 9.59 Å². The number of nitrogens with zero attached hydrogens (tertiary/aromatic N) is 2. The number of pyridine rings is 1. The van der Waals surface area contributed by atoms with Crippen molar-refractivity contribution in [3.63, 3.8) is 0 Å². The van der Waals surface area contributed by atoms with E-state index in [1.54, 1.807) is 0 Å². The lowest BCUT2D eigenvalue weighted by atomic mass is 10.2. The summed E-state index contributed by atoms with van der Waals surface area (Å²) in [5, 5.41) is 3.24. The summed E-state index contributed by atoms with van der Waals surface area (Å²) < 4.78 is 8.13. The zero-order valence-corrected chi connectivity index (χ0v) is 12.5. The number of nitrogens with one attached hydrogen (secondary N) is 2. The Balaban J connectivity index is 2.00. The number of aromatic nitrogens is 1. The van der Waals surface area contributed by atoms with Crippen molar-refractivity contribution in [2.75, 3.05) is 5.32 Å². The second kappa shape index (κ2) is 5.44. The van der Waals surface area contributed by atoms with Gasteiger partial charge < -0.3 is 10.3 Å². The van der Waals surface area contributed by atoms with Crippen LogP contribution >= 0.6 is 23.2 Å². The van der Waals surface area contributed by atoms with E-state index in [2.05, 4.69) is 19.0 Å². The van der Waals surface area contributed by atoms with Crippen molar-refractivity contribution < 1.29 is 4.79 Å². The maximum atomic E-state index is 12.2. The van der Waals surface area contributed by atoms with Gasteiger partial charge in [-0.1, -0.05) is 23.2 Å². The highest BCUT2D eigenvalue weighted by molar-refractivity contribution is 7.58. The fourth-order valence-electron chi connectivity index (χ4n) is 1.76. The number of hydrogen-bond donors (Lipinski definition) is 2. The number of hydrogen-bond acceptors (Lipinski definition) is 4. The van der Waals surface area contributed by atoms with Crippen molar-refractivity contribution in [3.8, 4) is 0 Å². The van der Waals surface area contributed by atoms with Gasteiger partial charge in [-0.2, -0.15) is 8.73 Å². The van der Waals surface area contributed by atoms with Crippen molar-refractivity contribution in [1.82, 2.24) is 4.98 Å². The van der Waals surface area contributed by atoms with E-state index in [1.807, 2.05) is 0 Å². The van der Waals surface area contributed by atoms with Gasteiger partial charge >= 0.3 is 0 Å². The third kappa shape index (κ3) is 2.63. The first-order chi connectivity index (χ1) is 10.1. The predicted octanol–water partition coefficient (Wildman–Crippen LogP) is 3.66. The Kier molecular flexibility index (Phi) is 3.62. The topological polar surface area (TPSA) is 86.7 Å². The molecule has 2 N–H and O–H groups in total. The van der Waals surface area contributed by atoms with Gasteiger partial charge in [0.25, 0.3) is 5.91 Å². The van der Waals surface area contributed by atoms with E-state index >= 15 is 0 Å². The van der Waals surface area contributed by atoms with Crippen LogP contribution in [0.2, 0.25) is 10.0 Å². The first-order valence-corrected chi connectivity index (χ1v) is 7.15. The summed E-state index contributed by atoms with van der Waals surface area (Å²) in [4.78, 5) is 25.8. The van der Waals surface area contributed by atoms with E-state index in [1.165, 1.54) is 24.4 Å². The maximum absolute atomic E-state index is 12.2. The maximum Gasteiger partial charge on any atom is 0.256 e. The fourth-order valence-corrected chi connectivity index (χ4v) is 2.92. The van der Waals surface area contributed by atoms with Crippen LogP contribution < -0.4 is 10.9 Å². The Morgan fingerprint density at radius 3 is 2.71 bits per heavy atom. The quantitative estimate of drug-likeness (QED) is 0.745. The summed E-state index contributed by atoms with van der Waals surface area (Å²) in [7, 11) is 0. The van der Waals surface area contributed by atoms with Crippen LogP contribution in [0.4, 0.5) is 17.1 Å². The molecule has 0 unspecified atom stereocenters. The second-order valence-corrected chi connectivity index (χ2v) is 5.42. The number of fused-ring (bicyclic) bond motifs is 1. The molecule has 1 aromatic heterocycles. The van der Waals surface area contributed by atoms with Crippen molar-refractivity contribution in [1.29, 1.82) is 0 Å². The SMILES string of the molecule is O=C(Nc1c(Cl)cc(Cl)c2c1N=S=N2)c1cc[nH]c(=O)c1. The molecule has 0 fully saturated rings. The summed E-state index contributed by atoms with van der Waals surface area (Å²) >= 11 is 13.1. The van der Waals surface area contributed by atoms with Gasteiger partial charge in [0.15, 0.2) is 0 Å². The summed E-state index contributed by atoms with van der Waals surface area (Å²) in [5.74, 6) is -0.473. The molecule has 6 nitrogen and oxygen atoms in total. The zero-order chi connectivity index (χ0) is 15.0. The third-order valence-corrected chi connectivity index (χ3v) is 3.83. The van der Waals surface area contributed by atoms with E-state index in [-0.39, 0.29) is 16.1 Å². The van der Waals surface area contributed by atoms with Crippen LogP contribution in [0.5, 0.6) is 0 Å². The zero-order valence-electron chi connectivity index (χ0n) is 10.2. The monoisotopic (exact) mass is 340 g/mol. The first kappa shape index (κ1) is 14.0. The number of carbonyl (C=O) groups excluding carboxylic acids is 1. The molecule has 3 rings (SSSR count). The van der Waals surface area contributed by atoms with E-state index in [4.69, 9.17) is 23.2 Å². The highest BCUT2D eigenvalue weighted by Crippen LogP contribution is 2.47. The van der Waals surface area contributed by atoms with Gasteiger partial charge in [0.1, 0.15) is 11.4 Å². The fraction of sp³-hybridized carbons (Fsp3) is 0. The van der Waals surface area contributed by atoms with Gasteiger partial charge in [-0.15, -0.1) is 0 Å². The molecule has 1 aromatic carbocycles. The number of H-pyrrole nitrogens is 1. The third-order valence-electron chi connectivity index (χ3n) is 2.72. The molecule has 2 aromatic rings. The minimum absolute atomic E-state index is 0.209. The molecule has 0 bridgehead atoms. The van der Waals surface area contributed by atoms with E-state index in [9.17, 15) is 9.59 Å². The van der Waals surface area contributed by atoms with Crippen LogP contribution in [0.15, 0.2) is 37.9 Å². The number of benzene rings is 1. The van der Waals surface area contributed by atoms with Crippen molar-refractivity contribution in [3.05, 3.63) is 50.4 Å². The second-order valence-electron chi connectivity index (χ2n) is 4.07. The number of amides is 1. The lowest BCUT2D eigenvalue weighted by molar-refractivity contribution is 0.102. The molecule has 21 heavy (non-hydrogen) atoms. The highest BCUT2D eigenvalue weighted by atomic mass is 35.5. The van der Waals surface area contributed by atoms with Gasteiger partial charge in [-0.25, -0.2) is 0 Å². The Labute approximate surface area is 132 Å². The normalized spacial score (nSPS) is 11.9. The summed E-state index contributed by atoms with van der Waals surface area (Å²) in [5.41, 5.74) is 1.03. The highest BCUT2D eigenvalue weighted by Gasteiger charge is 2.20. The lowest BCUT2D eigenvalue weighted by Crippen LogP contribution is -2.15. The molecule has 0 saturated carbocycles. The van der Waals surface area contributed by atoms with Crippen molar-refractivity contribution in [2.24, 2.45) is 8.73 Å². The Hall–Kier alpha value is -1.96. The molecule has 1 amide bonds. The molecule has 9 heteroatoms. The van der Waals surface area contributed by atoms with Crippen molar-refractivity contribution in [2.45, 2.75) is 0 Å². The molecule has 0 aliphatic carbocycles. The minimum Gasteiger partial charge on any atom is -0.329 e. The number of anilines is 1. The van der Waals surface area contributed by atoms with Gasteiger partial charge in [-0.05, 0) is 12.1 Å². The summed E-state index contributed by atoms with van der Waals surface area (Å²) in [6.07, 6.45) is 1.39. The molecular formula is C12H6Cl2N4O2S. The summed E-state index contributed by atoms with van der Waals surface area (Å²) in [6.45, 7) is 0. The molecule has 1 aliphatic rings. The number of aromatic amines is 1. The van der Waals surface area contributed by atoms with Crippen LogP contribution in [0.25, 0.3) is 0 Å². The number of carbonyl (C=O) groups is 1. The van der Waals surface area contributed by atoms with E-state index < -0.39 is 5.91 Å².